The first-order chi connectivity index (χ1) is 8.77. The van der Waals surface area contributed by atoms with Gasteiger partial charge in [0.2, 0.25) is 0 Å². The molecule has 0 spiro atoms. The predicted molar refractivity (Wildman–Crippen MR) is 64.6 cm³/mol. The highest BCUT2D eigenvalue weighted by Crippen LogP contribution is 2.30. The maximum Gasteiger partial charge on any atom is 0.431 e. The summed E-state index contributed by atoms with van der Waals surface area (Å²) in [6.07, 6.45) is -4.54. The van der Waals surface area contributed by atoms with E-state index in [1.165, 1.54) is 12.1 Å². The summed E-state index contributed by atoms with van der Waals surface area (Å²) in [6.45, 7) is 1.59. The predicted octanol–water partition coefficient (Wildman–Crippen LogP) is 4.27. The molecular formula is C12H8F4N2S. The highest BCUT2D eigenvalue weighted by atomic mass is 32.1. The number of aromatic nitrogens is 2. The summed E-state index contributed by atoms with van der Waals surface area (Å²) in [6, 6.07) is 4.62. The molecule has 1 N–H and O–H groups in total. The minimum absolute atomic E-state index is 0.0635. The van der Waals surface area contributed by atoms with E-state index < -0.39 is 17.7 Å². The monoisotopic (exact) mass is 288 g/mol. The summed E-state index contributed by atoms with van der Waals surface area (Å²) in [5.74, 6) is -0.460. The number of nitrogens with one attached hydrogen (secondary N) is 1. The van der Waals surface area contributed by atoms with Crippen molar-refractivity contribution < 1.29 is 17.6 Å². The highest BCUT2D eigenvalue weighted by Gasteiger charge is 2.32. The van der Waals surface area contributed by atoms with Gasteiger partial charge in [-0.3, -0.25) is 0 Å². The van der Waals surface area contributed by atoms with Gasteiger partial charge in [-0.25, -0.2) is 9.37 Å². The Balaban J connectivity index is 2.63. The minimum Gasteiger partial charge on any atom is -0.327 e. The molecule has 0 aliphatic carbocycles. The number of aryl methyl sites for hydroxylation is 1. The van der Waals surface area contributed by atoms with E-state index in [0.29, 0.717) is 11.1 Å². The van der Waals surface area contributed by atoms with Crippen LogP contribution in [0.4, 0.5) is 17.6 Å². The van der Waals surface area contributed by atoms with Gasteiger partial charge in [0.1, 0.15) is 11.5 Å². The zero-order valence-electron chi connectivity index (χ0n) is 9.68. The highest BCUT2D eigenvalue weighted by molar-refractivity contribution is 7.71. The van der Waals surface area contributed by atoms with Gasteiger partial charge in [-0.2, -0.15) is 13.2 Å². The van der Waals surface area contributed by atoms with Gasteiger partial charge in [0.05, 0.1) is 5.69 Å². The largest absolute Gasteiger partial charge is 0.431 e. The van der Waals surface area contributed by atoms with E-state index >= 15 is 0 Å². The number of halogens is 4. The number of hydrogen-bond acceptors (Lipinski definition) is 2. The van der Waals surface area contributed by atoms with Gasteiger partial charge in [-0.1, -0.05) is 0 Å². The molecule has 0 aliphatic heterocycles. The van der Waals surface area contributed by atoms with Crippen LogP contribution >= 0.6 is 12.2 Å². The van der Waals surface area contributed by atoms with Crippen LogP contribution < -0.4 is 0 Å². The molecule has 0 unspecified atom stereocenters. The molecule has 0 amide bonds. The zero-order chi connectivity index (χ0) is 14.2. The lowest BCUT2D eigenvalue weighted by atomic mass is 10.0. The first-order valence-electron chi connectivity index (χ1n) is 5.22. The first kappa shape index (κ1) is 13.7. The average Bonchev–Trinajstić information content (AvgIpc) is 2.26. The van der Waals surface area contributed by atoms with Gasteiger partial charge in [-0.15, -0.1) is 0 Å². The van der Waals surface area contributed by atoms with Crippen molar-refractivity contribution in [1.29, 1.82) is 0 Å². The molecule has 0 fully saturated rings. The number of rotatable bonds is 1. The van der Waals surface area contributed by atoms with Gasteiger partial charge in [0, 0.05) is 5.56 Å². The smallest absolute Gasteiger partial charge is 0.327 e. The van der Waals surface area contributed by atoms with Crippen LogP contribution in [0.25, 0.3) is 11.3 Å². The molecule has 1 aromatic heterocycles. The number of H-pyrrole nitrogens is 1. The number of benzene rings is 1. The molecule has 7 heteroatoms. The van der Waals surface area contributed by atoms with Gasteiger partial charge >= 0.3 is 6.18 Å². The van der Waals surface area contributed by atoms with E-state index in [1.54, 1.807) is 6.92 Å². The Hall–Kier alpha value is -1.76. The quantitative estimate of drug-likeness (QED) is 0.627. The van der Waals surface area contributed by atoms with Crippen LogP contribution in [0.3, 0.4) is 0 Å². The van der Waals surface area contributed by atoms with Crippen molar-refractivity contribution in [1.82, 2.24) is 9.97 Å². The van der Waals surface area contributed by atoms with E-state index in [9.17, 15) is 17.6 Å². The molecule has 1 heterocycles. The van der Waals surface area contributed by atoms with Crippen molar-refractivity contribution in [3.8, 4) is 11.3 Å². The van der Waals surface area contributed by atoms with Gasteiger partial charge < -0.3 is 4.98 Å². The van der Waals surface area contributed by atoms with E-state index in [2.05, 4.69) is 17.2 Å². The summed E-state index contributed by atoms with van der Waals surface area (Å²) < 4.78 is 50.7. The Morgan fingerprint density at radius 3 is 2.47 bits per heavy atom. The summed E-state index contributed by atoms with van der Waals surface area (Å²) in [5, 5.41) is 0. The fraction of sp³-hybridized carbons (Fsp3) is 0.167. The summed E-state index contributed by atoms with van der Waals surface area (Å²) in [5.41, 5.74) is -0.0203. The zero-order valence-corrected chi connectivity index (χ0v) is 10.5. The van der Waals surface area contributed by atoms with Gasteiger partial charge in [0.25, 0.3) is 0 Å². The van der Waals surface area contributed by atoms with Gasteiger partial charge in [0.15, 0.2) is 4.77 Å². The Kier molecular flexibility index (Phi) is 3.40. The maximum atomic E-state index is 13.0. The molecular weight excluding hydrogens is 280 g/mol. The summed E-state index contributed by atoms with van der Waals surface area (Å²) in [7, 11) is 0. The molecule has 0 bridgehead atoms. The molecule has 2 nitrogen and oxygen atoms in total. The van der Waals surface area contributed by atoms with E-state index in [0.717, 1.165) is 12.1 Å². The molecule has 2 aromatic rings. The number of aromatic amines is 1. The van der Waals surface area contributed by atoms with Crippen LogP contribution in [0.2, 0.25) is 0 Å². The Bertz CT molecular complexity index is 676. The second kappa shape index (κ2) is 4.73. The van der Waals surface area contributed by atoms with Crippen molar-refractivity contribution in [3.05, 3.63) is 46.1 Å². The van der Waals surface area contributed by atoms with E-state index in [4.69, 9.17) is 0 Å². The van der Waals surface area contributed by atoms with Crippen LogP contribution in [0.15, 0.2) is 24.3 Å². The number of alkyl halides is 3. The van der Waals surface area contributed by atoms with Crippen LogP contribution in [0, 0.1) is 17.5 Å². The fourth-order valence-electron chi connectivity index (χ4n) is 1.66. The lowest BCUT2D eigenvalue weighted by Gasteiger charge is -2.10. The standard InChI is InChI=1S/C12H8F4N2S/c1-6-4-7(13)2-3-8(6)9-5-10(12(14,15)16)18-11(19)17-9/h2-5H,1H3,(H,17,18,19). The molecule has 0 atom stereocenters. The minimum atomic E-state index is -4.54. The normalized spacial score (nSPS) is 11.6. The average molecular weight is 288 g/mol. The van der Waals surface area contributed by atoms with Crippen LogP contribution in [-0.4, -0.2) is 9.97 Å². The molecule has 0 aliphatic rings. The molecule has 19 heavy (non-hydrogen) atoms. The Labute approximate surface area is 111 Å². The molecule has 2 rings (SSSR count). The topological polar surface area (TPSA) is 28.7 Å². The SMILES string of the molecule is Cc1cc(F)ccc1-c1cc(C(F)(F)F)[nH]c(=S)n1. The molecule has 0 saturated carbocycles. The van der Waals surface area contributed by atoms with E-state index in [-0.39, 0.29) is 10.5 Å². The second-order valence-corrected chi connectivity index (χ2v) is 4.33. The van der Waals surface area contributed by atoms with Crippen LogP contribution in [-0.2, 0) is 6.18 Å². The molecule has 0 radical (unpaired) electrons. The third-order valence-corrected chi connectivity index (χ3v) is 2.71. The van der Waals surface area contributed by atoms with Crippen LogP contribution in [0.5, 0.6) is 0 Å². The van der Waals surface area contributed by atoms with Crippen molar-refractivity contribution in [3.63, 3.8) is 0 Å². The van der Waals surface area contributed by atoms with Crippen molar-refractivity contribution in [2.45, 2.75) is 13.1 Å². The fourth-order valence-corrected chi connectivity index (χ4v) is 1.87. The second-order valence-electron chi connectivity index (χ2n) is 3.94. The number of hydrogen-bond donors (Lipinski definition) is 1. The van der Waals surface area contributed by atoms with Crippen molar-refractivity contribution in [2.24, 2.45) is 0 Å². The Morgan fingerprint density at radius 2 is 1.89 bits per heavy atom. The first-order valence-corrected chi connectivity index (χ1v) is 5.63. The molecule has 100 valence electrons. The number of nitrogens with zero attached hydrogens (tertiary/aromatic N) is 1. The summed E-state index contributed by atoms with van der Waals surface area (Å²) in [4.78, 5) is 5.84. The third-order valence-electron chi connectivity index (χ3n) is 2.51. The Morgan fingerprint density at radius 1 is 1.21 bits per heavy atom. The van der Waals surface area contributed by atoms with Crippen LogP contribution in [0.1, 0.15) is 11.3 Å². The lowest BCUT2D eigenvalue weighted by molar-refractivity contribution is -0.141. The van der Waals surface area contributed by atoms with Crippen molar-refractivity contribution >= 4 is 12.2 Å². The molecule has 0 saturated heterocycles. The molecule has 1 aromatic carbocycles. The third kappa shape index (κ3) is 2.98. The summed E-state index contributed by atoms with van der Waals surface area (Å²) >= 11 is 4.68. The van der Waals surface area contributed by atoms with E-state index in [1.807, 2.05) is 4.98 Å². The lowest BCUT2D eigenvalue weighted by Crippen LogP contribution is -2.09. The van der Waals surface area contributed by atoms with Crippen molar-refractivity contribution in [2.75, 3.05) is 0 Å². The van der Waals surface area contributed by atoms with Gasteiger partial charge in [-0.05, 0) is 49.0 Å². The maximum absolute atomic E-state index is 13.0.